The van der Waals surface area contributed by atoms with E-state index in [1.54, 1.807) is 6.20 Å². The zero-order chi connectivity index (χ0) is 24.8. The molecule has 1 saturated heterocycles. The third-order valence-corrected chi connectivity index (χ3v) is 7.53. The zero-order valence-electron chi connectivity index (χ0n) is 22.1. The van der Waals surface area contributed by atoms with Crippen molar-refractivity contribution in [3.8, 4) is 22.6 Å². The van der Waals surface area contributed by atoms with Crippen molar-refractivity contribution in [2.45, 2.75) is 97.0 Å². The molecule has 0 bridgehead atoms. The quantitative estimate of drug-likeness (QED) is 0.205. The molecular weight excluding hydrogens is 436 g/mol. The van der Waals surface area contributed by atoms with Gasteiger partial charge in [-0.3, -0.25) is 9.78 Å². The topological polar surface area (TPSA) is 51.7 Å². The molecule has 35 heavy (non-hydrogen) atoms. The van der Waals surface area contributed by atoms with E-state index in [0.717, 1.165) is 54.9 Å². The number of ether oxygens (including phenoxy) is 2. The molecule has 0 spiro atoms. The number of fused-ring (bicyclic) bond motifs is 3. The van der Waals surface area contributed by atoms with Crippen LogP contribution in [0.25, 0.3) is 11.1 Å². The van der Waals surface area contributed by atoms with Crippen LogP contribution in [0.15, 0.2) is 30.6 Å². The number of esters is 1. The average molecular weight is 479 g/mol. The van der Waals surface area contributed by atoms with Crippen molar-refractivity contribution >= 4 is 5.97 Å². The highest BCUT2D eigenvalue weighted by molar-refractivity contribution is 5.85. The van der Waals surface area contributed by atoms with Gasteiger partial charge in [0.1, 0.15) is 17.1 Å². The first-order valence-corrected chi connectivity index (χ1v) is 13.6. The summed E-state index contributed by atoms with van der Waals surface area (Å²) in [6, 6.07) is 6.22. The minimum atomic E-state index is -0.481. The van der Waals surface area contributed by atoms with Gasteiger partial charge < -0.3 is 14.4 Å². The van der Waals surface area contributed by atoms with Crippen LogP contribution < -0.4 is 9.47 Å². The molecule has 3 heterocycles. The van der Waals surface area contributed by atoms with Gasteiger partial charge in [0.25, 0.3) is 0 Å². The third-order valence-electron chi connectivity index (χ3n) is 7.53. The number of benzene rings is 1. The Labute approximate surface area is 211 Å². The van der Waals surface area contributed by atoms with Gasteiger partial charge in [-0.2, -0.15) is 0 Å². The Kier molecular flexibility index (Phi) is 8.48. The van der Waals surface area contributed by atoms with Crippen LogP contribution in [0.2, 0.25) is 0 Å². The van der Waals surface area contributed by atoms with Crippen LogP contribution in [-0.4, -0.2) is 35.5 Å². The number of unbranched alkanes of at least 4 members (excludes halogenated alkanes) is 2. The molecule has 2 aliphatic heterocycles. The van der Waals surface area contributed by atoms with Gasteiger partial charge >= 0.3 is 5.97 Å². The van der Waals surface area contributed by atoms with Gasteiger partial charge in [0.05, 0.1) is 5.56 Å². The Bertz CT molecular complexity index is 1010. The summed E-state index contributed by atoms with van der Waals surface area (Å²) >= 11 is 0. The first kappa shape index (κ1) is 25.7. The summed E-state index contributed by atoms with van der Waals surface area (Å²) in [5, 5.41) is 0. The van der Waals surface area contributed by atoms with Crippen LogP contribution >= 0.6 is 0 Å². The van der Waals surface area contributed by atoms with Crippen molar-refractivity contribution in [2.24, 2.45) is 0 Å². The largest absolute Gasteiger partial charge is 0.482 e. The number of hydrogen-bond donors (Lipinski definition) is 0. The number of hydrogen-bond acceptors (Lipinski definition) is 5. The minimum absolute atomic E-state index is 0.171. The van der Waals surface area contributed by atoms with E-state index >= 15 is 0 Å². The van der Waals surface area contributed by atoms with Gasteiger partial charge in [-0.1, -0.05) is 39.5 Å². The minimum Gasteiger partial charge on any atom is -0.482 e. The molecule has 1 aromatic heterocycles. The number of rotatable bonds is 10. The van der Waals surface area contributed by atoms with Crippen molar-refractivity contribution in [3.05, 3.63) is 41.7 Å². The normalized spacial score (nSPS) is 17.7. The van der Waals surface area contributed by atoms with Crippen LogP contribution in [0.3, 0.4) is 0 Å². The SMILES string of the molecule is CCCCCC(C)c1cc(OC(=O)CCCN2CCCCC2)c2c(c1)OC(C)(C)c1ccncc1-2. The van der Waals surface area contributed by atoms with Crippen LogP contribution in [0.5, 0.6) is 11.5 Å². The first-order valence-electron chi connectivity index (χ1n) is 13.6. The fraction of sp³-hybridized carbons (Fsp3) is 0.600. The van der Waals surface area contributed by atoms with Crippen LogP contribution in [0, 0.1) is 0 Å². The highest BCUT2D eigenvalue weighted by atomic mass is 16.5. The molecule has 4 rings (SSSR count). The summed E-state index contributed by atoms with van der Waals surface area (Å²) in [6.45, 7) is 11.9. The Morgan fingerprint density at radius 3 is 2.74 bits per heavy atom. The molecule has 1 aromatic carbocycles. The summed E-state index contributed by atoms with van der Waals surface area (Å²) in [6.07, 6.45) is 13.5. The maximum atomic E-state index is 13.0. The van der Waals surface area contributed by atoms with Crippen molar-refractivity contribution in [1.82, 2.24) is 9.88 Å². The number of nitrogens with zero attached hydrogens (tertiary/aromatic N) is 2. The number of carbonyl (C=O) groups is 1. The first-order chi connectivity index (χ1) is 16.9. The zero-order valence-corrected chi connectivity index (χ0v) is 22.1. The summed E-state index contributed by atoms with van der Waals surface area (Å²) in [7, 11) is 0. The molecule has 0 N–H and O–H groups in total. The summed E-state index contributed by atoms with van der Waals surface area (Å²) < 4.78 is 12.6. The Morgan fingerprint density at radius 1 is 1.17 bits per heavy atom. The van der Waals surface area contributed by atoms with Crippen molar-refractivity contribution in [3.63, 3.8) is 0 Å². The van der Waals surface area contributed by atoms with Gasteiger partial charge in [0.15, 0.2) is 0 Å². The summed E-state index contributed by atoms with van der Waals surface area (Å²) in [4.78, 5) is 19.8. The maximum absolute atomic E-state index is 13.0. The van der Waals surface area contributed by atoms with E-state index in [1.807, 2.05) is 12.3 Å². The number of pyridine rings is 1. The molecule has 2 aromatic rings. The van der Waals surface area contributed by atoms with E-state index in [1.165, 1.54) is 44.1 Å². The second-order valence-corrected chi connectivity index (χ2v) is 10.8. The fourth-order valence-corrected chi connectivity index (χ4v) is 5.44. The molecule has 1 atom stereocenters. The van der Waals surface area contributed by atoms with Gasteiger partial charge in [-0.15, -0.1) is 0 Å². The maximum Gasteiger partial charge on any atom is 0.311 e. The predicted molar refractivity (Wildman–Crippen MR) is 141 cm³/mol. The van der Waals surface area contributed by atoms with E-state index in [2.05, 4.69) is 49.7 Å². The Hall–Kier alpha value is -2.40. The van der Waals surface area contributed by atoms with Crippen molar-refractivity contribution in [2.75, 3.05) is 19.6 Å². The van der Waals surface area contributed by atoms with E-state index < -0.39 is 5.60 Å². The second-order valence-electron chi connectivity index (χ2n) is 10.8. The predicted octanol–water partition coefficient (Wildman–Crippen LogP) is 7.23. The molecule has 190 valence electrons. The number of aromatic nitrogens is 1. The standard InChI is InChI=1S/C30H42N2O3/c1-5-6-8-12-22(2)23-19-26(34-28(33)13-11-18-32-16-9-7-10-17-32)29-24-21-31-15-14-25(24)30(3,4)35-27(29)20-23/h14-15,19-22H,5-13,16-18H2,1-4H3. The second kappa shape index (κ2) is 11.6. The smallest absolute Gasteiger partial charge is 0.311 e. The molecule has 0 aliphatic carbocycles. The van der Waals surface area contributed by atoms with Gasteiger partial charge in [0.2, 0.25) is 0 Å². The highest BCUT2D eigenvalue weighted by Crippen LogP contribution is 2.50. The molecule has 1 unspecified atom stereocenters. The summed E-state index contributed by atoms with van der Waals surface area (Å²) in [5.74, 6) is 1.58. The van der Waals surface area contributed by atoms with Gasteiger partial charge in [0, 0.05) is 29.9 Å². The Morgan fingerprint density at radius 2 is 1.97 bits per heavy atom. The van der Waals surface area contributed by atoms with Crippen molar-refractivity contribution < 1.29 is 14.3 Å². The van der Waals surface area contributed by atoms with E-state index in [0.29, 0.717) is 18.1 Å². The van der Waals surface area contributed by atoms with E-state index in [9.17, 15) is 4.79 Å². The summed E-state index contributed by atoms with van der Waals surface area (Å²) in [5.41, 5.74) is 3.58. The van der Waals surface area contributed by atoms with Gasteiger partial charge in [-0.05, 0) is 88.8 Å². The highest BCUT2D eigenvalue weighted by Gasteiger charge is 2.35. The van der Waals surface area contributed by atoms with Crippen molar-refractivity contribution in [1.29, 1.82) is 0 Å². The van der Waals surface area contributed by atoms with Gasteiger partial charge in [-0.25, -0.2) is 0 Å². The number of piperidine rings is 1. The molecule has 0 saturated carbocycles. The van der Waals surface area contributed by atoms with Crippen LogP contribution in [0.4, 0.5) is 0 Å². The molecule has 0 amide bonds. The molecule has 0 radical (unpaired) electrons. The lowest BCUT2D eigenvalue weighted by Crippen LogP contribution is -2.31. The third kappa shape index (κ3) is 6.24. The molecule has 5 nitrogen and oxygen atoms in total. The lowest BCUT2D eigenvalue weighted by atomic mass is 9.85. The van der Waals surface area contributed by atoms with E-state index in [4.69, 9.17) is 9.47 Å². The fourth-order valence-electron chi connectivity index (χ4n) is 5.44. The molecule has 5 heteroatoms. The molecule has 1 fully saturated rings. The van der Waals surface area contributed by atoms with Crippen LogP contribution in [-0.2, 0) is 10.4 Å². The molecular formula is C30H42N2O3. The molecule has 2 aliphatic rings. The average Bonchev–Trinajstić information content (AvgIpc) is 2.84. The lowest BCUT2D eigenvalue weighted by molar-refractivity contribution is -0.134. The Balaban J connectivity index is 1.58. The van der Waals surface area contributed by atoms with E-state index in [-0.39, 0.29) is 5.97 Å². The lowest BCUT2D eigenvalue weighted by Gasteiger charge is -2.35. The monoisotopic (exact) mass is 478 g/mol. The van der Waals surface area contributed by atoms with Crippen LogP contribution in [0.1, 0.15) is 103 Å². The number of likely N-dealkylation sites (tertiary alicyclic amines) is 1. The number of carbonyl (C=O) groups excluding carboxylic acids is 1.